The monoisotopic (exact) mass is 322 g/mol. The molecule has 2 atom stereocenters. The van der Waals surface area contributed by atoms with Crippen molar-refractivity contribution in [3.8, 4) is 6.07 Å². The van der Waals surface area contributed by atoms with Gasteiger partial charge in [0.15, 0.2) is 0 Å². The Morgan fingerprint density at radius 3 is 2.21 bits per heavy atom. The zero-order valence-corrected chi connectivity index (χ0v) is 14.7. The molecule has 0 saturated carbocycles. The summed E-state index contributed by atoms with van der Waals surface area (Å²) in [4.78, 5) is 0. The Hall–Kier alpha value is -2.15. The Kier molecular flexibility index (Phi) is 6.14. The summed E-state index contributed by atoms with van der Waals surface area (Å²) in [7, 11) is 0. The number of aliphatic hydroxyl groups is 1. The lowest BCUT2D eigenvalue weighted by Gasteiger charge is -2.34. The van der Waals surface area contributed by atoms with Gasteiger partial charge in [-0.25, -0.2) is 0 Å². The van der Waals surface area contributed by atoms with Gasteiger partial charge in [-0.2, -0.15) is 5.26 Å². The van der Waals surface area contributed by atoms with Gasteiger partial charge in [-0.3, -0.25) is 0 Å². The first kappa shape index (κ1) is 18.2. The molecule has 0 aliphatic rings. The van der Waals surface area contributed by atoms with Gasteiger partial charge < -0.3 is 10.4 Å². The number of nitrogens with one attached hydrogen (secondary N) is 1. The molecule has 0 aliphatic heterocycles. The van der Waals surface area contributed by atoms with Crippen LogP contribution in [0.15, 0.2) is 54.6 Å². The number of hydrogen-bond acceptors (Lipinski definition) is 3. The molecule has 3 heteroatoms. The predicted octanol–water partition coefficient (Wildman–Crippen LogP) is 4.01. The van der Waals surface area contributed by atoms with E-state index in [-0.39, 0.29) is 24.0 Å². The fourth-order valence-electron chi connectivity index (χ4n) is 2.90. The van der Waals surface area contributed by atoms with Crippen LogP contribution in [0.2, 0.25) is 0 Å². The largest absolute Gasteiger partial charge is 0.396 e. The Bertz CT molecular complexity index is 671. The van der Waals surface area contributed by atoms with Gasteiger partial charge in [0.1, 0.15) is 0 Å². The van der Waals surface area contributed by atoms with Crippen molar-refractivity contribution in [2.24, 2.45) is 5.41 Å². The minimum Gasteiger partial charge on any atom is -0.396 e. The number of aliphatic hydroxyl groups excluding tert-OH is 1. The highest BCUT2D eigenvalue weighted by molar-refractivity contribution is 5.32. The van der Waals surface area contributed by atoms with E-state index in [2.05, 4.69) is 44.3 Å². The van der Waals surface area contributed by atoms with Crippen LogP contribution >= 0.6 is 0 Å². The highest BCUT2D eigenvalue weighted by Crippen LogP contribution is 2.35. The molecule has 0 amide bonds. The summed E-state index contributed by atoms with van der Waals surface area (Å²) in [6.45, 7) is 7.23. The first-order chi connectivity index (χ1) is 11.5. The van der Waals surface area contributed by atoms with E-state index in [1.165, 1.54) is 5.56 Å². The quantitative estimate of drug-likeness (QED) is 0.810. The molecule has 126 valence electrons. The van der Waals surface area contributed by atoms with Crippen LogP contribution in [-0.4, -0.2) is 18.3 Å². The maximum Gasteiger partial charge on any atom is 0.0991 e. The van der Waals surface area contributed by atoms with Gasteiger partial charge in [-0.15, -0.1) is 0 Å². The summed E-state index contributed by atoms with van der Waals surface area (Å²) >= 11 is 0. The van der Waals surface area contributed by atoms with E-state index in [1.807, 2.05) is 42.5 Å². The molecule has 2 aromatic carbocycles. The second kappa shape index (κ2) is 8.10. The predicted molar refractivity (Wildman–Crippen MR) is 97.6 cm³/mol. The van der Waals surface area contributed by atoms with Crippen LogP contribution in [0.4, 0.5) is 0 Å². The van der Waals surface area contributed by atoms with Crippen molar-refractivity contribution >= 4 is 0 Å². The number of nitrogens with zero attached hydrogens (tertiary/aromatic N) is 1. The topological polar surface area (TPSA) is 56.0 Å². The van der Waals surface area contributed by atoms with Crippen molar-refractivity contribution in [3.63, 3.8) is 0 Å². The van der Waals surface area contributed by atoms with E-state index >= 15 is 0 Å². The zero-order chi connectivity index (χ0) is 17.6. The van der Waals surface area contributed by atoms with Crippen LogP contribution < -0.4 is 5.32 Å². The van der Waals surface area contributed by atoms with Gasteiger partial charge >= 0.3 is 0 Å². The smallest absolute Gasteiger partial charge is 0.0991 e. The molecule has 0 heterocycles. The Labute approximate surface area is 145 Å². The Balaban J connectivity index is 2.11. The van der Waals surface area contributed by atoms with Gasteiger partial charge in [0.25, 0.3) is 0 Å². The lowest BCUT2D eigenvalue weighted by Crippen LogP contribution is -2.35. The molecular formula is C21H26N2O. The number of rotatable bonds is 7. The molecular weight excluding hydrogens is 296 g/mol. The van der Waals surface area contributed by atoms with Gasteiger partial charge in [-0.1, -0.05) is 56.3 Å². The van der Waals surface area contributed by atoms with Crippen LogP contribution in [0.25, 0.3) is 0 Å². The molecule has 2 unspecified atom stereocenters. The number of hydrogen-bond donors (Lipinski definition) is 2. The van der Waals surface area contributed by atoms with Crippen LogP contribution in [0, 0.1) is 16.7 Å². The Morgan fingerprint density at radius 2 is 1.67 bits per heavy atom. The van der Waals surface area contributed by atoms with Crippen molar-refractivity contribution in [1.82, 2.24) is 5.32 Å². The molecule has 0 spiro atoms. The average Bonchev–Trinajstić information content (AvgIpc) is 2.62. The van der Waals surface area contributed by atoms with Crippen molar-refractivity contribution in [3.05, 3.63) is 71.3 Å². The lowest BCUT2D eigenvalue weighted by atomic mass is 9.75. The summed E-state index contributed by atoms with van der Waals surface area (Å²) in [5.74, 6) is 0.213. The molecule has 3 nitrogen and oxygen atoms in total. The lowest BCUT2D eigenvalue weighted by molar-refractivity contribution is 0.128. The maximum atomic E-state index is 9.81. The van der Waals surface area contributed by atoms with Gasteiger partial charge in [-0.05, 0) is 35.6 Å². The van der Waals surface area contributed by atoms with Crippen LogP contribution in [0.3, 0.4) is 0 Å². The molecule has 24 heavy (non-hydrogen) atoms. The molecule has 2 rings (SSSR count). The van der Waals surface area contributed by atoms with Gasteiger partial charge in [0.05, 0.1) is 11.6 Å². The highest BCUT2D eigenvalue weighted by atomic mass is 16.3. The Morgan fingerprint density at radius 1 is 1.04 bits per heavy atom. The normalized spacial score (nSPS) is 14.0. The second-order valence-electron chi connectivity index (χ2n) is 6.97. The molecule has 0 saturated heterocycles. The van der Waals surface area contributed by atoms with E-state index in [1.54, 1.807) is 0 Å². The summed E-state index contributed by atoms with van der Waals surface area (Å²) in [6.07, 6.45) is 0. The van der Waals surface area contributed by atoms with E-state index in [9.17, 15) is 5.11 Å². The molecule has 0 radical (unpaired) electrons. The standard InChI is InChI=1S/C21H26N2O/c1-16(18-11-9-17(13-22)10-12-18)23-14-20(21(2,3)15-24)19-7-5-4-6-8-19/h4-12,16,20,23-24H,14-15H2,1-3H3. The SMILES string of the molecule is CC(NCC(c1ccccc1)C(C)(C)CO)c1ccc(C#N)cc1. The van der Waals surface area contributed by atoms with Crippen molar-refractivity contribution in [2.75, 3.05) is 13.2 Å². The summed E-state index contributed by atoms with van der Waals surface area (Å²) in [6, 6.07) is 20.3. The molecule has 0 bridgehead atoms. The third kappa shape index (κ3) is 4.44. The fourth-order valence-corrected chi connectivity index (χ4v) is 2.90. The van der Waals surface area contributed by atoms with Gasteiger partial charge in [0.2, 0.25) is 0 Å². The van der Waals surface area contributed by atoms with E-state index in [0.717, 1.165) is 12.1 Å². The summed E-state index contributed by atoms with van der Waals surface area (Å²) in [5.41, 5.74) is 2.85. The molecule has 0 aliphatic carbocycles. The zero-order valence-electron chi connectivity index (χ0n) is 14.7. The van der Waals surface area contributed by atoms with E-state index < -0.39 is 0 Å². The average molecular weight is 322 g/mol. The molecule has 2 N–H and O–H groups in total. The number of nitriles is 1. The van der Waals surface area contributed by atoms with Crippen molar-refractivity contribution in [2.45, 2.75) is 32.7 Å². The molecule has 0 aromatic heterocycles. The first-order valence-corrected chi connectivity index (χ1v) is 8.37. The minimum absolute atomic E-state index is 0.138. The third-order valence-corrected chi connectivity index (χ3v) is 4.72. The summed E-state index contributed by atoms with van der Waals surface area (Å²) in [5, 5.41) is 22.3. The van der Waals surface area contributed by atoms with Crippen LogP contribution in [-0.2, 0) is 0 Å². The third-order valence-electron chi connectivity index (χ3n) is 4.72. The minimum atomic E-state index is -0.210. The first-order valence-electron chi connectivity index (χ1n) is 8.37. The van der Waals surface area contributed by atoms with E-state index in [4.69, 9.17) is 5.26 Å². The molecule has 2 aromatic rings. The second-order valence-corrected chi connectivity index (χ2v) is 6.97. The van der Waals surface area contributed by atoms with E-state index in [0.29, 0.717) is 5.56 Å². The van der Waals surface area contributed by atoms with Crippen molar-refractivity contribution in [1.29, 1.82) is 5.26 Å². The summed E-state index contributed by atoms with van der Waals surface area (Å²) < 4.78 is 0. The van der Waals surface area contributed by atoms with Crippen molar-refractivity contribution < 1.29 is 5.11 Å². The van der Waals surface area contributed by atoms with Crippen LogP contribution in [0.1, 0.15) is 49.4 Å². The number of benzene rings is 2. The highest BCUT2D eigenvalue weighted by Gasteiger charge is 2.30. The van der Waals surface area contributed by atoms with Crippen LogP contribution in [0.5, 0.6) is 0 Å². The fraction of sp³-hybridized carbons (Fsp3) is 0.381. The molecule has 0 fully saturated rings. The van der Waals surface area contributed by atoms with Gasteiger partial charge in [0, 0.05) is 25.1 Å². The maximum absolute atomic E-state index is 9.81.